The maximum absolute atomic E-state index is 11.9. The van der Waals surface area contributed by atoms with Gasteiger partial charge in [0.1, 0.15) is 23.8 Å². The van der Waals surface area contributed by atoms with Crippen molar-refractivity contribution in [1.82, 2.24) is 9.88 Å². The summed E-state index contributed by atoms with van der Waals surface area (Å²) >= 11 is 16.8. The number of halogens is 2. The van der Waals surface area contributed by atoms with Crippen LogP contribution >= 0.6 is 36.0 Å². The monoisotopic (exact) mass is 595 g/mol. The van der Waals surface area contributed by atoms with Crippen molar-refractivity contribution in [3.05, 3.63) is 93.2 Å². The van der Waals surface area contributed by atoms with E-state index < -0.39 is 0 Å². The van der Waals surface area contributed by atoms with Crippen LogP contribution in [0.25, 0.3) is 28.5 Å². The molecule has 0 saturated carbocycles. The number of hydrogen-bond acceptors (Lipinski definition) is 6. The van der Waals surface area contributed by atoms with Crippen molar-refractivity contribution in [3.8, 4) is 28.1 Å². The Balaban J connectivity index is 0.00000181. The topological polar surface area (TPSA) is 76.4 Å². The first kappa shape index (κ1) is 29.6. The van der Waals surface area contributed by atoms with Gasteiger partial charge in [0.25, 0.3) is 5.91 Å². The summed E-state index contributed by atoms with van der Waals surface area (Å²) in [6.45, 7) is 8.77. The Hall–Kier alpha value is -3.39. The van der Waals surface area contributed by atoms with Crippen molar-refractivity contribution in [2.75, 3.05) is 11.9 Å². The highest BCUT2D eigenvalue weighted by atomic mass is 35.5. The molecular weight excluding hydrogens is 565 g/mol. The standard InChI is InChI=1S/C29H25Cl2N3O3S.C2H6/c1-16(2)28-22(27(33-37-28)26-23(30)4-3-5-24(26)31)15-36-21-10-8-17(9-11-21)18-6-7-19-12-20(29(35)34-38)14-32-25(19)13-18;1-2/h3-13,16,32,38H,14-15H2,1-2H3,(H,34,35);1-2H3. The maximum Gasteiger partial charge on any atom is 0.258 e. The van der Waals surface area contributed by atoms with E-state index in [2.05, 4.69) is 34.1 Å². The van der Waals surface area contributed by atoms with Gasteiger partial charge in [0.2, 0.25) is 0 Å². The number of amides is 1. The quantitative estimate of drug-likeness (QED) is 0.186. The summed E-state index contributed by atoms with van der Waals surface area (Å²) in [6, 6.07) is 19.3. The zero-order chi connectivity index (χ0) is 28.8. The van der Waals surface area contributed by atoms with Crippen LogP contribution in [-0.2, 0) is 11.4 Å². The van der Waals surface area contributed by atoms with Crippen LogP contribution < -0.4 is 14.8 Å². The second-order valence-electron chi connectivity index (χ2n) is 9.20. The van der Waals surface area contributed by atoms with Crippen molar-refractivity contribution in [1.29, 1.82) is 0 Å². The molecule has 0 saturated heterocycles. The lowest BCUT2D eigenvalue weighted by molar-refractivity contribution is -0.115. The molecule has 9 heteroatoms. The van der Waals surface area contributed by atoms with Gasteiger partial charge in [-0.05, 0) is 53.1 Å². The van der Waals surface area contributed by atoms with E-state index in [1.807, 2.05) is 70.2 Å². The highest BCUT2D eigenvalue weighted by Gasteiger charge is 2.24. The van der Waals surface area contributed by atoms with Crippen molar-refractivity contribution in [3.63, 3.8) is 0 Å². The van der Waals surface area contributed by atoms with Gasteiger partial charge in [0.15, 0.2) is 0 Å². The smallest absolute Gasteiger partial charge is 0.258 e. The Morgan fingerprint density at radius 1 is 1.07 bits per heavy atom. The van der Waals surface area contributed by atoms with E-state index in [1.165, 1.54) is 0 Å². The molecule has 1 aliphatic rings. The Morgan fingerprint density at radius 2 is 1.75 bits per heavy atom. The molecule has 4 aromatic rings. The highest BCUT2D eigenvalue weighted by molar-refractivity contribution is 7.78. The molecule has 0 aliphatic carbocycles. The molecule has 0 radical (unpaired) electrons. The lowest BCUT2D eigenvalue weighted by Crippen LogP contribution is -2.23. The molecule has 6 nitrogen and oxygen atoms in total. The Labute approximate surface area is 250 Å². The van der Waals surface area contributed by atoms with Gasteiger partial charge in [-0.2, -0.15) is 0 Å². The van der Waals surface area contributed by atoms with E-state index in [1.54, 1.807) is 18.2 Å². The molecule has 0 atom stereocenters. The SMILES string of the molecule is CC.CC(C)c1onc(-c2c(Cl)cccc2Cl)c1COc1ccc(-c2ccc3c(c2)NCC(C(=O)NS)=C3)cc1. The number of nitrogens with zero attached hydrogens (tertiary/aromatic N) is 1. The molecule has 1 amide bonds. The Bertz CT molecular complexity index is 1510. The minimum Gasteiger partial charge on any atom is -0.489 e. The van der Waals surface area contributed by atoms with Crippen LogP contribution in [-0.4, -0.2) is 17.6 Å². The molecule has 0 unspecified atom stereocenters. The van der Waals surface area contributed by atoms with Crippen LogP contribution in [0.15, 0.2) is 70.8 Å². The number of carbonyl (C=O) groups is 1. The molecule has 0 bridgehead atoms. The molecule has 2 heterocycles. The molecule has 1 aliphatic heterocycles. The van der Waals surface area contributed by atoms with Gasteiger partial charge in [0, 0.05) is 29.3 Å². The second-order valence-corrected chi connectivity index (χ2v) is 10.2. The van der Waals surface area contributed by atoms with Gasteiger partial charge in [-0.3, -0.25) is 9.52 Å². The average Bonchev–Trinajstić information content (AvgIpc) is 3.40. The zero-order valence-electron chi connectivity index (χ0n) is 22.7. The van der Waals surface area contributed by atoms with Gasteiger partial charge in [-0.25, -0.2) is 0 Å². The predicted molar refractivity (Wildman–Crippen MR) is 167 cm³/mol. The summed E-state index contributed by atoms with van der Waals surface area (Å²) in [5.41, 5.74) is 6.69. The van der Waals surface area contributed by atoms with Crippen LogP contribution in [0.5, 0.6) is 5.75 Å². The number of thiol groups is 1. The first-order valence-electron chi connectivity index (χ1n) is 13.0. The third-order valence-electron chi connectivity index (χ3n) is 6.36. The molecule has 0 fully saturated rings. The normalized spacial score (nSPS) is 12.1. The van der Waals surface area contributed by atoms with Crippen LogP contribution in [0.1, 0.15) is 50.5 Å². The van der Waals surface area contributed by atoms with Crippen molar-refractivity contribution >= 4 is 53.7 Å². The highest BCUT2D eigenvalue weighted by Crippen LogP contribution is 2.39. The minimum atomic E-state index is -0.208. The molecule has 208 valence electrons. The number of rotatable bonds is 7. The molecule has 3 aromatic carbocycles. The van der Waals surface area contributed by atoms with E-state index in [4.69, 9.17) is 32.5 Å². The molecule has 0 spiro atoms. The van der Waals surface area contributed by atoms with Gasteiger partial charge in [0.05, 0.1) is 15.6 Å². The molecule has 2 N–H and O–H groups in total. The number of aromatic nitrogens is 1. The average molecular weight is 597 g/mol. The van der Waals surface area contributed by atoms with Crippen molar-refractivity contribution < 1.29 is 14.1 Å². The largest absolute Gasteiger partial charge is 0.489 e. The summed E-state index contributed by atoms with van der Waals surface area (Å²) in [6.07, 6.45) is 1.87. The second kappa shape index (κ2) is 13.3. The number of anilines is 1. The summed E-state index contributed by atoms with van der Waals surface area (Å²) in [5, 5.41) is 8.60. The molecule has 5 rings (SSSR count). The lowest BCUT2D eigenvalue weighted by atomic mass is 9.98. The first-order valence-corrected chi connectivity index (χ1v) is 14.2. The number of nitrogens with one attached hydrogen (secondary N) is 2. The van der Waals surface area contributed by atoms with E-state index in [0.29, 0.717) is 39.2 Å². The Morgan fingerprint density at radius 3 is 2.40 bits per heavy atom. The maximum atomic E-state index is 11.9. The van der Waals surface area contributed by atoms with Gasteiger partial charge < -0.3 is 14.6 Å². The lowest BCUT2D eigenvalue weighted by Gasteiger charge is -2.18. The van der Waals surface area contributed by atoms with Gasteiger partial charge in [-0.1, -0.05) is 99.2 Å². The third kappa shape index (κ3) is 6.33. The van der Waals surface area contributed by atoms with Crippen LogP contribution in [0, 0.1) is 0 Å². The van der Waals surface area contributed by atoms with Crippen LogP contribution in [0.3, 0.4) is 0 Å². The van der Waals surface area contributed by atoms with Crippen LogP contribution in [0.2, 0.25) is 10.0 Å². The van der Waals surface area contributed by atoms with Gasteiger partial charge in [-0.15, -0.1) is 0 Å². The summed E-state index contributed by atoms with van der Waals surface area (Å²) < 4.78 is 14.2. The number of hydrogen-bond donors (Lipinski definition) is 3. The zero-order valence-corrected chi connectivity index (χ0v) is 25.1. The van der Waals surface area contributed by atoms with Crippen LogP contribution in [0.4, 0.5) is 5.69 Å². The summed E-state index contributed by atoms with van der Waals surface area (Å²) in [4.78, 5) is 11.9. The molecule has 1 aromatic heterocycles. The van der Waals surface area contributed by atoms with Crippen molar-refractivity contribution in [2.45, 2.75) is 40.2 Å². The summed E-state index contributed by atoms with van der Waals surface area (Å²) in [5.74, 6) is 1.34. The van der Waals surface area contributed by atoms with E-state index >= 15 is 0 Å². The van der Waals surface area contributed by atoms with E-state index in [-0.39, 0.29) is 18.4 Å². The Kier molecular flexibility index (Phi) is 9.85. The number of fused-ring (bicyclic) bond motifs is 1. The molecule has 40 heavy (non-hydrogen) atoms. The fourth-order valence-corrected chi connectivity index (χ4v) is 5.12. The van der Waals surface area contributed by atoms with Crippen molar-refractivity contribution in [2.24, 2.45) is 0 Å². The number of ether oxygens (including phenoxy) is 1. The summed E-state index contributed by atoms with van der Waals surface area (Å²) in [7, 11) is 0. The van der Waals surface area contributed by atoms with E-state index in [9.17, 15) is 4.79 Å². The number of carbonyl (C=O) groups excluding carboxylic acids is 1. The fourth-order valence-electron chi connectivity index (χ4n) is 4.40. The first-order chi connectivity index (χ1) is 19.4. The van der Waals surface area contributed by atoms with Gasteiger partial charge >= 0.3 is 0 Å². The minimum absolute atomic E-state index is 0.106. The number of benzene rings is 3. The molecular formula is C31H31Cl2N3O3S. The third-order valence-corrected chi connectivity index (χ3v) is 7.19. The predicted octanol–water partition coefficient (Wildman–Crippen LogP) is 8.81. The fraction of sp³-hybridized carbons (Fsp3) is 0.226. The van der Waals surface area contributed by atoms with E-state index in [0.717, 1.165) is 33.7 Å².